The Balaban J connectivity index is 2.25. The van der Waals surface area contributed by atoms with E-state index in [1.807, 2.05) is 30.3 Å². The molecule has 1 amide bonds. The maximum atomic E-state index is 11.6. The van der Waals surface area contributed by atoms with Gasteiger partial charge in [0.15, 0.2) is 0 Å². The van der Waals surface area contributed by atoms with Gasteiger partial charge in [-0.1, -0.05) is 18.2 Å². The van der Waals surface area contributed by atoms with E-state index in [4.69, 9.17) is 0 Å². The third-order valence-corrected chi connectivity index (χ3v) is 2.45. The monoisotopic (exact) mass is 270 g/mol. The first-order valence-electron chi connectivity index (χ1n) is 5.88. The van der Waals surface area contributed by atoms with E-state index in [1.165, 1.54) is 0 Å². The van der Waals surface area contributed by atoms with E-state index in [-0.39, 0.29) is 0 Å². The lowest BCUT2D eigenvalue weighted by Crippen LogP contribution is -2.20. The molecule has 20 heavy (non-hydrogen) atoms. The van der Waals surface area contributed by atoms with Crippen LogP contribution < -0.4 is 10.4 Å². The van der Waals surface area contributed by atoms with Gasteiger partial charge in [-0.05, 0) is 25.1 Å². The highest BCUT2D eigenvalue weighted by molar-refractivity contribution is 6.01. The van der Waals surface area contributed by atoms with Gasteiger partial charge in [-0.15, -0.1) is 0 Å². The first kappa shape index (κ1) is 13.5. The van der Waals surface area contributed by atoms with E-state index in [0.717, 1.165) is 17.5 Å². The Morgan fingerprint density at radius 2 is 1.95 bits per heavy atom. The average molecular weight is 270 g/mol. The number of para-hydroxylation sites is 1. The average Bonchev–Trinajstić information content (AvgIpc) is 2.78. The standard InChI is InChI=1S/C14H13N3O3/c1-10-9-12(15-13(18)7-8-14(19)20)17(16-10)11-5-3-2-4-6-11/h2-9H,1H3,(H,15,18)(H,19,20)/p-1/b8-7+. The van der Waals surface area contributed by atoms with Crippen LogP contribution in [0, 0.1) is 6.92 Å². The molecule has 0 spiro atoms. The molecule has 0 bridgehead atoms. The fourth-order valence-electron chi connectivity index (χ4n) is 1.67. The molecule has 1 heterocycles. The first-order valence-corrected chi connectivity index (χ1v) is 5.88. The molecule has 2 rings (SSSR count). The number of carbonyl (C=O) groups excluding carboxylic acids is 2. The summed E-state index contributed by atoms with van der Waals surface area (Å²) in [6.45, 7) is 1.80. The predicted molar refractivity (Wildman–Crippen MR) is 71.1 cm³/mol. The van der Waals surface area contributed by atoms with Crippen LogP contribution >= 0.6 is 0 Å². The minimum absolute atomic E-state index is 0.460. The lowest BCUT2D eigenvalue weighted by atomic mass is 10.3. The van der Waals surface area contributed by atoms with Crippen LogP contribution in [0.25, 0.3) is 5.69 Å². The molecule has 2 aromatic rings. The summed E-state index contributed by atoms with van der Waals surface area (Å²) in [7, 11) is 0. The van der Waals surface area contributed by atoms with E-state index >= 15 is 0 Å². The number of carbonyl (C=O) groups is 2. The molecule has 0 saturated carbocycles. The van der Waals surface area contributed by atoms with Crippen LogP contribution in [0.3, 0.4) is 0 Å². The minimum atomic E-state index is -1.42. The summed E-state index contributed by atoms with van der Waals surface area (Å²) in [6.07, 6.45) is 1.57. The van der Waals surface area contributed by atoms with Crippen molar-refractivity contribution in [3.05, 3.63) is 54.2 Å². The van der Waals surface area contributed by atoms with Crippen molar-refractivity contribution in [3.63, 3.8) is 0 Å². The molecule has 6 nitrogen and oxygen atoms in total. The van der Waals surface area contributed by atoms with E-state index in [1.54, 1.807) is 17.7 Å². The summed E-state index contributed by atoms with van der Waals surface area (Å²) in [6, 6.07) is 11.0. The highest BCUT2D eigenvalue weighted by atomic mass is 16.4. The molecule has 0 aliphatic heterocycles. The van der Waals surface area contributed by atoms with Crippen LogP contribution in [0.1, 0.15) is 5.69 Å². The second-order valence-corrected chi connectivity index (χ2v) is 4.06. The molecular weight excluding hydrogens is 258 g/mol. The molecule has 102 valence electrons. The molecule has 0 atom stereocenters. The number of hydrogen-bond acceptors (Lipinski definition) is 4. The number of hydrogen-bond donors (Lipinski definition) is 1. The van der Waals surface area contributed by atoms with Gasteiger partial charge in [0.05, 0.1) is 17.4 Å². The van der Waals surface area contributed by atoms with E-state index in [2.05, 4.69) is 10.4 Å². The van der Waals surface area contributed by atoms with Crippen LogP contribution in [-0.4, -0.2) is 21.7 Å². The maximum absolute atomic E-state index is 11.6. The van der Waals surface area contributed by atoms with Gasteiger partial charge in [0.2, 0.25) is 5.91 Å². The maximum Gasteiger partial charge on any atom is 0.249 e. The van der Waals surface area contributed by atoms with Crippen LogP contribution in [0.2, 0.25) is 0 Å². The van der Waals surface area contributed by atoms with Crippen LogP contribution in [0.4, 0.5) is 5.82 Å². The Labute approximate surface area is 115 Å². The second-order valence-electron chi connectivity index (χ2n) is 4.06. The zero-order valence-corrected chi connectivity index (χ0v) is 10.7. The number of carboxylic acids is 1. The van der Waals surface area contributed by atoms with Gasteiger partial charge in [0, 0.05) is 12.1 Å². The highest BCUT2D eigenvalue weighted by Crippen LogP contribution is 2.16. The first-order chi connectivity index (χ1) is 9.56. The Hall–Kier alpha value is -2.89. The smallest absolute Gasteiger partial charge is 0.249 e. The zero-order chi connectivity index (χ0) is 14.5. The summed E-state index contributed by atoms with van der Waals surface area (Å²) < 4.78 is 1.57. The number of carboxylic acid groups (broad SMARTS) is 1. The molecule has 0 saturated heterocycles. The predicted octanol–water partition coefficient (Wildman–Crippen LogP) is 0.425. The van der Waals surface area contributed by atoms with Gasteiger partial charge in [-0.3, -0.25) is 4.79 Å². The Kier molecular flexibility index (Phi) is 3.95. The summed E-state index contributed by atoms with van der Waals surface area (Å²) in [5.41, 5.74) is 1.52. The number of aryl methyl sites for hydroxylation is 1. The summed E-state index contributed by atoms with van der Waals surface area (Å²) in [4.78, 5) is 21.8. The molecule has 6 heteroatoms. The Morgan fingerprint density at radius 3 is 2.60 bits per heavy atom. The van der Waals surface area contributed by atoms with Crippen molar-refractivity contribution in [2.75, 3.05) is 5.32 Å². The lowest BCUT2D eigenvalue weighted by Gasteiger charge is -2.07. The van der Waals surface area contributed by atoms with Gasteiger partial charge in [-0.2, -0.15) is 5.10 Å². The zero-order valence-electron chi connectivity index (χ0n) is 10.7. The molecule has 0 unspecified atom stereocenters. The molecule has 1 N–H and O–H groups in total. The van der Waals surface area contributed by atoms with Crippen LogP contribution in [0.15, 0.2) is 48.6 Å². The summed E-state index contributed by atoms with van der Waals surface area (Å²) in [5, 5.41) is 17.1. The highest BCUT2D eigenvalue weighted by Gasteiger charge is 2.08. The van der Waals surface area contributed by atoms with Crippen LogP contribution in [-0.2, 0) is 9.59 Å². The van der Waals surface area contributed by atoms with Crippen molar-refractivity contribution < 1.29 is 14.7 Å². The van der Waals surface area contributed by atoms with Gasteiger partial charge in [-0.25, -0.2) is 4.68 Å². The van der Waals surface area contributed by atoms with E-state index in [9.17, 15) is 14.7 Å². The van der Waals surface area contributed by atoms with Crippen molar-refractivity contribution in [2.45, 2.75) is 6.92 Å². The number of anilines is 1. The van der Waals surface area contributed by atoms with E-state index in [0.29, 0.717) is 11.9 Å². The van der Waals surface area contributed by atoms with Gasteiger partial charge in [0.25, 0.3) is 0 Å². The molecular formula is C14H12N3O3-. The molecule has 0 aliphatic rings. The number of aromatic nitrogens is 2. The molecule has 1 aromatic carbocycles. The Morgan fingerprint density at radius 1 is 1.25 bits per heavy atom. The number of rotatable bonds is 4. The number of nitrogens with zero attached hydrogens (tertiary/aromatic N) is 2. The normalized spacial score (nSPS) is 10.7. The molecule has 0 radical (unpaired) electrons. The number of benzene rings is 1. The van der Waals surface area contributed by atoms with Gasteiger partial charge >= 0.3 is 0 Å². The lowest BCUT2D eigenvalue weighted by molar-refractivity contribution is -0.297. The Bertz CT molecular complexity index is 660. The van der Waals surface area contributed by atoms with Crippen molar-refractivity contribution in [1.82, 2.24) is 9.78 Å². The molecule has 0 aliphatic carbocycles. The minimum Gasteiger partial charge on any atom is -0.545 e. The van der Waals surface area contributed by atoms with Crippen molar-refractivity contribution in [3.8, 4) is 5.69 Å². The number of amides is 1. The van der Waals surface area contributed by atoms with Crippen LogP contribution in [0.5, 0.6) is 0 Å². The number of aliphatic carboxylic acids is 1. The van der Waals surface area contributed by atoms with Crippen molar-refractivity contribution in [1.29, 1.82) is 0 Å². The van der Waals surface area contributed by atoms with Gasteiger partial charge < -0.3 is 15.2 Å². The topological polar surface area (TPSA) is 87.0 Å². The fourth-order valence-corrected chi connectivity index (χ4v) is 1.67. The molecule has 0 fully saturated rings. The number of nitrogens with one attached hydrogen (secondary N) is 1. The second kappa shape index (κ2) is 5.83. The summed E-state index contributed by atoms with van der Waals surface area (Å²) in [5.74, 6) is -1.53. The molecule has 1 aromatic heterocycles. The quantitative estimate of drug-likeness (QED) is 0.816. The largest absolute Gasteiger partial charge is 0.545 e. The third-order valence-electron chi connectivity index (χ3n) is 2.45. The third kappa shape index (κ3) is 3.32. The van der Waals surface area contributed by atoms with Crippen molar-refractivity contribution >= 4 is 17.7 Å². The fraction of sp³-hybridized carbons (Fsp3) is 0.0714. The van der Waals surface area contributed by atoms with Gasteiger partial charge in [0.1, 0.15) is 5.82 Å². The SMILES string of the molecule is Cc1cc(NC(=O)/C=C/C(=O)[O-])n(-c2ccccc2)n1. The van der Waals surface area contributed by atoms with Crippen molar-refractivity contribution in [2.24, 2.45) is 0 Å². The van der Waals surface area contributed by atoms with E-state index < -0.39 is 11.9 Å². The summed E-state index contributed by atoms with van der Waals surface area (Å²) >= 11 is 0.